The van der Waals surface area contributed by atoms with Crippen molar-refractivity contribution in [2.24, 2.45) is 0 Å². The van der Waals surface area contributed by atoms with E-state index in [2.05, 4.69) is 15.5 Å². The molecule has 1 atom stereocenters. The van der Waals surface area contributed by atoms with Crippen molar-refractivity contribution < 1.29 is 9.90 Å². The van der Waals surface area contributed by atoms with Crippen molar-refractivity contribution in [1.29, 1.82) is 0 Å². The summed E-state index contributed by atoms with van der Waals surface area (Å²) in [6.07, 6.45) is 2.18. The van der Waals surface area contributed by atoms with Gasteiger partial charge in [-0.2, -0.15) is 0 Å². The number of unbranched alkanes of at least 4 members (excludes halogenated alkanes) is 1. The van der Waals surface area contributed by atoms with Crippen molar-refractivity contribution in [3.63, 3.8) is 0 Å². The summed E-state index contributed by atoms with van der Waals surface area (Å²) in [7, 11) is 0. The van der Waals surface area contributed by atoms with Gasteiger partial charge >= 0.3 is 5.97 Å². The second-order valence-corrected chi connectivity index (χ2v) is 4.83. The van der Waals surface area contributed by atoms with Crippen LogP contribution < -0.4 is 0 Å². The minimum atomic E-state index is -0.945. The Labute approximate surface area is 121 Å². The Morgan fingerprint density at radius 3 is 2.85 bits per heavy atom. The van der Waals surface area contributed by atoms with Crippen LogP contribution in [-0.2, 0) is 4.79 Å². The van der Waals surface area contributed by atoms with Gasteiger partial charge in [-0.3, -0.25) is 0 Å². The van der Waals surface area contributed by atoms with E-state index in [0.29, 0.717) is 22.8 Å². The molecule has 1 aromatic heterocycles. The fourth-order valence-corrected chi connectivity index (χ4v) is 2.19. The Balaban J connectivity index is 2.41. The molecule has 0 spiro atoms. The molecule has 0 saturated heterocycles. The van der Waals surface area contributed by atoms with Crippen molar-refractivity contribution in [2.45, 2.75) is 32.2 Å². The number of hydrogen-bond donors (Lipinski definition) is 1. The van der Waals surface area contributed by atoms with E-state index in [-0.39, 0.29) is 0 Å². The van der Waals surface area contributed by atoms with Gasteiger partial charge in [0.15, 0.2) is 11.9 Å². The zero-order valence-corrected chi connectivity index (χ0v) is 11.8. The fraction of sp³-hybridized carbons (Fsp3) is 0.385. The maximum Gasteiger partial charge on any atom is 0.328 e. The molecule has 0 saturated carbocycles. The minimum Gasteiger partial charge on any atom is -0.480 e. The lowest BCUT2D eigenvalue weighted by atomic mass is 10.1. The lowest BCUT2D eigenvalue weighted by Crippen LogP contribution is -2.21. The molecule has 106 valence electrons. The topological polar surface area (TPSA) is 80.9 Å². The van der Waals surface area contributed by atoms with Crippen molar-refractivity contribution in [3.8, 4) is 11.4 Å². The predicted molar refractivity (Wildman–Crippen MR) is 74.5 cm³/mol. The number of carbonyl (C=O) groups is 1. The van der Waals surface area contributed by atoms with E-state index in [0.717, 1.165) is 12.8 Å². The molecule has 0 aliphatic carbocycles. The molecule has 2 rings (SSSR count). The first-order valence-corrected chi connectivity index (χ1v) is 6.78. The maximum absolute atomic E-state index is 11.4. The van der Waals surface area contributed by atoms with Crippen LogP contribution >= 0.6 is 11.6 Å². The average Bonchev–Trinajstić information content (AvgIpc) is 2.88. The van der Waals surface area contributed by atoms with Gasteiger partial charge in [0.25, 0.3) is 0 Å². The van der Waals surface area contributed by atoms with Crippen molar-refractivity contribution >= 4 is 17.6 Å². The molecule has 7 heteroatoms. The second kappa shape index (κ2) is 6.47. The molecule has 0 radical (unpaired) electrons. The molecule has 0 amide bonds. The van der Waals surface area contributed by atoms with Crippen LogP contribution in [0, 0.1) is 0 Å². The van der Waals surface area contributed by atoms with E-state index in [4.69, 9.17) is 11.6 Å². The zero-order valence-electron chi connectivity index (χ0n) is 11.0. The Kier molecular flexibility index (Phi) is 4.68. The number of benzene rings is 1. The van der Waals surface area contributed by atoms with Gasteiger partial charge in [0.2, 0.25) is 0 Å². The van der Waals surface area contributed by atoms with Gasteiger partial charge in [-0.15, -0.1) is 5.10 Å². The Hall–Kier alpha value is -1.95. The number of carboxylic acid groups (broad SMARTS) is 1. The highest BCUT2D eigenvalue weighted by Crippen LogP contribution is 2.28. The van der Waals surface area contributed by atoms with E-state index in [1.54, 1.807) is 18.2 Å². The number of nitrogens with zero attached hydrogens (tertiary/aromatic N) is 4. The van der Waals surface area contributed by atoms with E-state index < -0.39 is 12.0 Å². The summed E-state index contributed by atoms with van der Waals surface area (Å²) in [6.45, 7) is 2.01. The summed E-state index contributed by atoms with van der Waals surface area (Å²) in [5.41, 5.74) is 0.627. The largest absolute Gasteiger partial charge is 0.480 e. The Bertz CT molecular complexity index is 600. The zero-order chi connectivity index (χ0) is 14.5. The Morgan fingerprint density at radius 2 is 2.20 bits per heavy atom. The third-order valence-corrected chi connectivity index (χ3v) is 3.35. The quantitative estimate of drug-likeness (QED) is 0.886. The summed E-state index contributed by atoms with van der Waals surface area (Å²) in [5, 5.41) is 21.2. The molecular formula is C13H15ClN4O2. The molecule has 20 heavy (non-hydrogen) atoms. The van der Waals surface area contributed by atoms with E-state index >= 15 is 0 Å². The predicted octanol–water partition coefficient (Wildman–Crippen LogP) is 2.81. The second-order valence-electron chi connectivity index (χ2n) is 4.42. The third kappa shape index (κ3) is 2.96. The van der Waals surface area contributed by atoms with Crippen molar-refractivity contribution in [1.82, 2.24) is 20.2 Å². The summed E-state index contributed by atoms with van der Waals surface area (Å²) >= 11 is 6.12. The molecule has 0 aliphatic rings. The fourth-order valence-electron chi connectivity index (χ4n) is 1.97. The van der Waals surface area contributed by atoms with Crippen LogP contribution in [0.5, 0.6) is 0 Å². The van der Waals surface area contributed by atoms with Crippen LogP contribution in [-0.4, -0.2) is 31.3 Å². The number of tetrazole rings is 1. The van der Waals surface area contributed by atoms with Crippen LogP contribution in [0.3, 0.4) is 0 Å². The molecular weight excluding hydrogens is 280 g/mol. The van der Waals surface area contributed by atoms with E-state index in [1.807, 2.05) is 13.0 Å². The Morgan fingerprint density at radius 1 is 1.45 bits per heavy atom. The van der Waals surface area contributed by atoms with Gasteiger partial charge in [0, 0.05) is 5.56 Å². The van der Waals surface area contributed by atoms with Crippen LogP contribution in [0.1, 0.15) is 32.2 Å². The molecule has 1 aromatic carbocycles. The molecule has 1 heterocycles. The summed E-state index contributed by atoms with van der Waals surface area (Å²) in [4.78, 5) is 11.4. The molecule has 2 aromatic rings. The monoisotopic (exact) mass is 294 g/mol. The van der Waals surface area contributed by atoms with Crippen molar-refractivity contribution in [2.75, 3.05) is 0 Å². The first-order chi connectivity index (χ1) is 9.65. The third-order valence-electron chi connectivity index (χ3n) is 3.02. The van der Waals surface area contributed by atoms with Crippen LogP contribution in [0.15, 0.2) is 24.3 Å². The molecule has 1 unspecified atom stereocenters. The number of aromatic nitrogens is 4. The van der Waals surface area contributed by atoms with Gasteiger partial charge in [0.1, 0.15) is 0 Å². The normalized spacial score (nSPS) is 12.3. The first-order valence-electron chi connectivity index (χ1n) is 6.40. The standard InChI is InChI=1S/C13H15ClN4O2/c1-2-3-8-11(13(19)20)18-12(15-16-17-18)9-6-4-5-7-10(9)14/h4-7,11H,2-3,8H2,1H3,(H,19,20). The number of halogens is 1. The summed E-state index contributed by atoms with van der Waals surface area (Å²) < 4.78 is 1.33. The number of aliphatic carboxylic acids is 1. The highest BCUT2D eigenvalue weighted by atomic mass is 35.5. The molecule has 0 aliphatic heterocycles. The van der Waals surface area contributed by atoms with Gasteiger partial charge in [-0.1, -0.05) is 43.5 Å². The number of carboxylic acids is 1. The molecule has 6 nitrogen and oxygen atoms in total. The van der Waals surface area contributed by atoms with E-state index in [1.165, 1.54) is 4.68 Å². The van der Waals surface area contributed by atoms with Gasteiger partial charge < -0.3 is 5.11 Å². The first kappa shape index (κ1) is 14.5. The lowest BCUT2D eigenvalue weighted by molar-refractivity contribution is -0.141. The molecule has 1 N–H and O–H groups in total. The van der Waals surface area contributed by atoms with Gasteiger partial charge in [-0.25, -0.2) is 9.48 Å². The van der Waals surface area contributed by atoms with Gasteiger partial charge in [0.05, 0.1) is 5.02 Å². The smallest absolute Gasteiger partial charge is 0.328 e. The summed E-state index contributed by atoms with van der Waals surface area (Å²) in [5.74, 6) is -0.571. The van der Waals surface area contributed by atoms with Crippen LogP contribution in [0.4, 0.5) is 0 Å². The SMILES string of the molecule is CCCCC(C(=O)O)n1nnnc1-c1ccccc1Cl. The maximum atomic E-state index is 11.4. The minimum absolute atomic E-state index is 0.374. The average molecular weight is 295 g/mol. The summed E-state index contributed by atoms with van der Waals surface area (Å²) in [6, 6.07) is 6.31. The highest BCUT2D eigenvalue weighted by Gasteiger charge is 2.25. The number of rotatable bonds is 6. The lowest BCUT2D eigenvalue weighted by Gasteiger charge is -2.14. The molecule has 0 fully saturated rings. The van der Waals surface area contributed by atoms with Crippen LogP contribution in [0.2, 0.25) is 5.02 Å². The highest BCUT2D eigenvalue weighted by molar-refractivity contribution is 6.33. The van der Waals surface area contributed by atoms with Crippen molar-refractivity contribution in [3.05, 3.63) is 29.3 Å². The molecule has 0 bridgehead atoms. The van der Waals surface area contributed by atoms with Crippen LogP contribution in [0.25, 0.3) is 11.4 Å². The van der Waals surface area contributed by atoms with E-state index in [9.17, 15) is 9.90 Å². The number of hydrogen-bond acceptors (Lipinski definition) is 4. The van der Waals surface area contributed by atoms with Gasteiger partial charge in [-0.05, 0) is 29.0 Å².